The van der Waals surface area contributed by atoms with E-state index in [-0.39, 0.29) is 11.7 Å². The van der Waals surface area contributed by atoms with Crippen LogP contribution < -0.4 is 5.32 Å². The Morgan fingerprint density at radius 1 is 0.974 bits per heavy atom. The molecule has 0 saturated carbocycles. The molecule has 4 aromatic heterocycles. The topological polar surface area (TPSA) is 112 Å². The third-order valence-corrected chi connectivity index (χ3v) is 6.54. The van der Waals surface area contributed by atoms with Gasteiger partial charge in [0, 0.05) is 34.3 Å². The summed E-state index contributed by atoms with van der Waals surface area (Å²) >= 11 is 0. The molecule has 39 heavy (non-hydrogen) atoms. The molecule has 2 aromatic carbocycles. The zero-order chi connectivity index (χ0) is 27.3. The minimum Gasteiger partial charge on any atom is -0.335 e. The molecule has 0 atom stereocenters. The zero-order valence-electron chi connectivity index (χ0n) is 21.9. The Morgan fingerprint density at radius 3 is 2.62 bits per heavy atom. The number of rotatable bonds is 4. The van der Waals surface area contributed by atoms with Crippen molar-refractivity contribution in [2.75, 3.05) is 5.32 Å². The van der Waals surface area contributed by atoms with Gasteiger partial charge in [-0.2, -0.15) is 5.10 Å². The first kappa shape index (κ1) is 24.4. The molecule has 0 radical (unpaired) electrons. The number of hydrogen-bond acceptors (Lipinski definition) is 5. The number of amides is 1. The number of halogens is 1. The quantitative estimate of drug-likeness (QED) is 0.241. The van der Waals surface area contributed by atoms with Crippen molar-refractivity contribution < 1.29 is 9.18 Å². The maximum atomic E-state index is 14.2. The van der Waals surface area contributed by atoms with Gasteiger partial charge in [-0.05, 0) is 60.0 Å². The Bertz CT molecular complexity index is 1860. The lowest BCUT2D eigenvalue weighted by molar-refractivity contribution is -0.123. The van der Waals surface area contributed by atoms with Crippen LogP contribution in [0, 0.1) is 18.2 Å². The van der Waals surface area contributed by atoms with Crippen molar-refractivity contribution in [2.45, 2.75) is 27.7 Å². The highest BCUT2D eigenvalue weighted by Gasteiger charge is 2.21. The molecule has 0 aliphatic carbocycles. The summed E-state index contributed by atoms with van der Waals surface area (Å²) in [5, 5.41) is 11.4. The van der Waals surface area contributed by atoms with Crippen LogP contribution in [0.3, 0.4) is 0 Å². The van der Waals surface area contributed by atoms with E-state index in [0.29, 0.717) is 28.4 Å². The number of nitrogens with one attached hydrogen (secondary N) is 3. The van der Waals surface area contributed by atoms with E-state index >= 15 is 0 Å². The SMILES string of the molecule is Cc1cc(F)cc(-c2ccnc3nc(-c4n[nH]c5ccc(-c6cncc(NC(=O)C(C)(C)C)c6)cc45)[nH]c23)c1. The minimum absolute atomic E-state index is 0.0831. The molecule has 0 aliphatic rings. The van der Waals surface area contributed by atoms with Crippen molar-refractivity contribution in [1.29, 1.82) is 0 Å². The summed E-state index contributed by atoms with van der Waals surface area (Å²) in [5.74, 6) is 0.170. The van der Waals surface area contributed by atoms with Crippen LogP contribution in [0.2, 0.25) is 0 Å². The van der Waals surface area contributed by atoms with E-state index in [1.54, 1.807) is 18.6 Å². The van der Waals surface area contributed by atoms with Crippen molar-refractivity contribution in [2.24, 2.45) is 5.41 Å². The van der Waals surface area contributed by atoms with Crippen molar-refractivity contribution >= 4 is 33.7 Å². The largest absolute Gasteiger partial charge is 0.335 e. The van der Waals surface area contributed by atoms with Crippen LogP contribution in [0.15, 0.2) is 67.1 Å². The predicted molar refractivity (Wildman–Crippen MR) is 150 cm³/mol. The first-order valence-corrected chi connectivity index (χ1v) is 12.5. The summed E-state index contributed by atoms with van der Waals surface area (Å²) < 4.78 is 14.2. The molecule has 3 N–H and O–H groups in total. The maximum Gasteiger partial charge on any atom is 0.229 e. The molecule has 9 heteroatoms. The number of fused-ring (bicyclic) bond motifs is 2. The number of H-pyrrole nitrogens is 2. The van der Waals surface area contributed by atoms with Crippen molar-refractivity contribution in [3.63, 3.8) is 0 Å². The molecule has 194 valence electrons. The number of pyridine rings is 2. The van der Waals surface area contributed by atoms with Crippen molar-refractivity contribution in [3.05, 3.63) is 78.5 Å². The van der Waals surface area contributed by atoms with Gasteiger partial charge in [0.05, 0.1) is 22.9 Å². The Balaban J connectivity index is 1.41. The number of carbonyl (C=O) groups is 1. The summed E-state index contributed by atoms with van der Waals surface area (Å²) in [6.07, 6.45) is 5.06. The van der Waals surface area contributed by atoms with Crippen LogP contribution >= 0.6 is 0 Å². The molecular formula is C30H26FN7O. The van der Waals surface area contributed by atoms with Crippen molar-refractivity contribution in [1.82, 2.24) is 30.1 Å². The van der Waals surface area contributed by atoms with E-state index < -0.39 is 5.41 Å². The van der Waals surface area contributed by atoms with E-state index in [4.69, 9.17) is 4.98 Å². The van der Waals surface area contributed by atoms with Gasteiger partial charge in [-0.25, -0.2) is 14.4 Å². The molecule has 0 saturated heterocycles. The average Bonchev–Trinajstić information content (AvgIpc) is 3.51. The second-order valence-corrected chi connectivity index (χ2v) is 10.7. The van der Waals surface area contributed by atoms with Crippen LogP contribution in [-0.2, 0) is 4.79 Å². The summed E-state index contributed by atoms with van der Waals surface area (Å²) in [7, 11) is 0. The fourth-order valence-corrected chi connectivity index (χ4v) is 4.51. The van der Waals surface area contributed by atoms with E-state index in [0.717, 1.165) is 38.7 Å². The molecule has 0 spiro atoms. The molecule has 6 aromatic rings. The van der Waals surface area contributed by atoms with E-state index in [1.807, 2.05) is 64.1 Å². The number of aromatic nitrogens is 6. The molecule has 0 aliphatic heterocycles. The molecule has 8 nitrogen and oxygen atoms in total. The lowest BCUT2D eigenvalue weighted by Gasteiger charge is -2.17. The highest BCUT2D eigenvalue weighted by molar-refractivity contribution is 5.98. The van der Waals surface area contributed by atoms with Crippen LogP contribution in [-0.4, -0.2) is 36.0 Å². The molecule has 1 amide bonds. The molecule has 4 heterocycles. The van der Waals surface area contributed by atoms with Gasteiger partial charge in [0.15, 0.2) is 11.5 Å². The van der Waals surface area contributed by atoms with Crippen LogP contribution in [0.4, 0.5) is 10.1 Å². The second-order valence-electron chi connectivity index (χ2n) is 10.7. The standard InChI is InChI=1S/C30H26FN7O/c1-16-9-18(11-20(31)10-16)22-7-8-33-27-25(22)35-28(36-27)26-23-13-17(5-6-24(23)37-38-26)19-12-21(15-32-14-19)34-29(39)30(2,3)4/h5-15H,1-4H3,(H,34,39)(H,37,38)(H,33,35,36). The predicted octanol–water partition coefficient (Wildman–Crippen LogP) is 6.66. The summed E-state index contributed by atoms with van der Waals surface area (Å²) in [6.45, 7) is 7.46. The normalized spacial score (nSPS) is 11.8. The third-order valence-electron chi connectivity index (χ3n) is 6.54. The molecule has 0 unspecified atom stereocenters. The fourth-order valence-electron chi connectivity index (χ4n) is 4.51. The molecule has 0 bridgehead atoms. The van der Waals surface area contributed by atoms with Gasteiger partial charge in [0.25, 0.3) is 0 Å². The summed E-state index contributed by atoms with van der Waals surface area (Å²) in [4.78, 5) is 29.3. The number of hydrogen-bond donors (Lipinski definition) is 3. The molecular weight excluding hydrogens is 493 g/mol. The highest BCUT2D eigenvalue weighted by Crippen LogP contribution is 2.33. The first-order chi connectivity index (χ1) is 18.7. The number of imidazole rings is 1. The van der Waals surface area contributed by atoms with Gasteiger partial charge in [-0.15, -0.1) is 0 Å². The monoisotopic (exact) mass is 519 g/mol. The maximum absolute atomic E-state index is 14.2. The Labute approximate surface area is 223 Å². The molecule has 0 fully saturated rings. The number of aromatic amines is 2. The summed E-state index contributed by atoms with van der Waals surface area (Å²) in [5.41, 5.74) is 6.96. The minimum atomic E-state index is -0.518. The fraction of sp³-hybridized carbons (Fsp3) is 0.167. The lowest BCUT2D eigenvalue weighted by atomic mass is 9.95. The summed E-state index contributed by atoms with van der Waals surface area (Å²) in [6, 6.07) is 14.6. The number of anilines is 1. The lowest BCUT2D eigenvalue weighted by Crippen LogP contribution is -2.27. The Morgan fingerprint density at radius 2 is 1.82 bits per heavy atom. The number of aryl methyl sites for hydroxylation is 1. The average molecular weight is 520 g/mol. The van der Waals surface area contributed by atoms with E-state index in [1.165, 1.54) is 12.1 Å². The van der Waals surface area contributed by atoms with Crippen LogP contribution in [0.1, 0.15) is 26.3 Å². The second kappa shape index (κ2) is 9.13. The van der Waals surface area contributed by atoms with Crippen molar-refractivity contribution in [3.8, 4) is 33.8 Å². The Hall–Kier alpha value is -4.92. The smallest absolute Gasteiger partial charge is 0.229 e. The molecule has 6 rings (SSSR count). The zero-order valence-corrected chi connectivity index (χ0v) is 21.9. The first-order valence-electron chi connectivity index (χ1n) is 12.5. The van der Waals surface area contributed by atoms with Gasteiger partial charge < -0.3 is 10.3 Å². The van der Waals surface area contributed by atoms with Gasteiger partial charge in [-0.1, -0.05) is 32.9 Å². The highest BCUT2D eigenvalue weighted by atomic mass is 19.1. The van der Waals surface area contributed by atoms with Gasteiger partial charge in [-0.3, -0.25) is 14.9 Å². The third kappa shape index (κ3) is 4.63. The van der Waals surface area contributed by atoms with E-state index in [9.17, 15) is 9.18 Å². The van der Waals surface area contributed by atoms with Crippen LogP contribution in [0.25, 0.3) is 55.8 Å². The number of nitrogens with zero attached hydrogens (tertiary/aromatic N) is 4. The number of carbonyl (C=O) groups excluding carboxylic acids is 1. The van der Waals surface area contributed by atoms with Gasteiger partial charge in [0.1, 0.15) is 11.5 Å². The van der Waals surface area contributed by atoms with Gasteiger partial charge >= 0.3 is 0 Å². The van der Waals surface area contributed by atoms with E-state index in [2.05, 4.69) is 30.5 Å². The Kier molecular flexibility index (Phi) is 5.71. The van der Waals surface area contributed by atoms with Gasteiger partial charge in [0.2, 0.25) is 5.91 Å². The number of benzene rings is 2. The van der Waals surface area contributed by atoms with Crippen LogP contribution in [0.5, 0.6) is 0 Å².